The maximum atomic E-state index is 12.0. The van der Waals surface area contributed by atoms with Gasteiger partial charge in [-0.15, -0.1) is 0 Å². The van der Waals surface area contributed by atoms with Crippen LogP contribution in [0.4, 0.5) is 11.4 Å². The predicted molar refractivity (Wildman–Crippen MR) is 72.7 cm³/mol. The van der Waals surface area contributed by atoms with E-state index in [0.717, 1.165) is 0 Å². The summed E-state index contributed by atoms with van der Waals surface area (Å²) < 4.78 is 27.0. The molecule has 2 rings (SSSR count). The normalized spacial score (nSPS) is 11.4. The van der Waals surface area contributed by atoms with Gasteiger partial charge in [-0.1, -0.05) is 0 Å². The van der Waals surface area contributed by atoms with Gasteiger partial charge in [0.2, 0.25) is 0 Å². The van der Waals surface area contributed by atoms with Gasteiger partial charge in [0.15, 0.2) is 5.03 Å². The Kier molecular flexibility index (Phi) is 3.31. The minimum Gasteiger partial charge on any atom is -0.399 e. The molecule has 2 aromatic rings. The smallest absolute Gasteiger partial charge is 0.279 e. The molecule has 1 aromatic heterocycles. The highest BCUT2D eigenvalue weighted by molar-refractivity contribution is 9.10. The molecule has 0 saturated heterocycles. The van der Waals surface area contributed by atoms with Crippen molar-refractivity contribution in [2.75, 3.05) is 10.5 Å². The number of benzene rings is 1. The highest BCUT2D eigenvalue weighted by Crippen LogP contribution is 2.26. The van der Waals surface area contributed by atoms with Crippen LogP contribution in [0.3, 0.4) is 0 Å². The molecule has 0 amide bonds. The van der Waals surface area contributed by atoms with Gasteiger partial charge in [-0.2, -0.15) is 8.42 Å². The lowest BCUT2D eigenvalue weighted by Gasteiger charge is -2.08. The van der Waals surface area contributed by atoms with E-state index < -0.39 is 10.0 Å². The van der Waals surface area contributed by atoms with Crippen LogP contribution in [0.25, 0.3) is 0 Å². The molecule has 0 aliphatic rings. The molecule has 1 aromatic carbocycles. The van der Waals surface area contributed by atoms with Gasteiger partial charge in [0.25, 0.3) is 10.0 Å². The summed E-state index contributed by atoms with van der Waals surface area (Å²) in [7, 11) is -3.67. The number of nitrogen functional groups attached to an aromatic ring is 1. The number of imidazole rings is 1. The molecule has 4 N–H and O–H groups in total. The molecule has 8 heteroatoms. The fourth-order valence-electron chi connectivity index (χ4n) is 1.35. The average molecular weight is 331 g/mol. The largest absolute Gasteiger partial charge is 0.399 e. The number of sulfonamides is 1. The van der Waals surface area contributed by atoms with E-state index in [4.69, 9.17) is 5.73 Å². The number of hydrogen-bond donors (Lipinski definition) is 3. The first kappa shape index (κ1) is 12.9. The Morgan fingerprint density at radius 3 is 2.72 bits per heavy atom. The van der Waals surface area contributed by atoms with Crippen LogP contribution in [0.5, 0.6) is 0 Å². The third-order valence-electron chi connectivity index (χ3n) is 2.21. The summed E-state index contributed by atoms with van der Waals surface area (Å²) in [5, 5.41) is 0.0173. The molecular formula is C10H11BrN4O2S. The lowest BCUT2D eigenvalue weighted by atomic mass is 10.3. The van der Waals surface area contributed by atoms with Crippen LogP contribution in [-0.2, 0) is 10.0 Å². The highest BCUT2D eigenvalue weighted by atomic mass is 79.9. The summed E-state index contributed by atoms with van der Waals surface area (Å²) in [6.07, 6.45) is 1.27. The lowest BCUT2D eigenvalue weighted by Crippen LogP contribution is -2.13. The number of nitrogens with zero attached hydrogens (tertiary/aromatic N) is 1. The third kappa shape index (κ3) is 2.65. The van der Waals surface area contributed by atoms with Crippen molar-refractivity contribution < 1.29 is 8.42 Å². The fraction of sp³-hybridized carbons (Fsp3) is 0.100. The van der Waals surface area contributed by atoms with E-state index in [1.165, 1.54) is 6.20 Å². The van der Waals surface area contributed by atoms with Crippen molar-refractivity contribution in [2.24, 2.45) is 0 Å². The van der Waals surface area contributed by atoms with Gasteiger partial charge in [-0.3, -0.25) is 4.72 Å². The highest BCUT2D eigenvalue weighted by Gasteiger charge is 2.17. The molecule has 0 spiro atoms. The number of aromatic nitrogens is 2. The summed E-state index contributed by atoms with van der Waals surface area (Å²) in [4.78, 5) is 6.52. The van der Waals surface area contributed by atoms with Gasteiger partial charge in [0.05, 0.1) is 11.9 Å². The zero-order valence-electron chi connectivity index (χ0n) is 9.44. The first-order chi connectivity index (χ1) is 8.38. The van der Waals surface area contributed by atoms with Gasteiger partial charge in [0.1, 0.15) is 5.82 Å². The number of aromatic amines is 1. The summed E-state index contributed by atoms with van der Waals surface area (Å²) in [6.45, 7) is 1.68. The summed E-state index contributed by atoms with van der Waals surface area (Å²) in [5.74, 6) is 0.534. The summed E-state index contributed by atoms with van der Waals surface area (Å²) in [6, 6.07) is 4.82. The molecule has 0 radical (unpaired) electrons. The number of rotatable bonds is 3. The van der Waals surface area contributed by atoms with Gasteiger partial charge in [0, 0.05) is 10.2 Å². The van der Waals surface area contributed by atoms with E-state index in [-0.39, 0.29) is 5.03 Å². The van der Waals surface area contributed by atoms with Gasteiger partial charge < -0.3 is 10.7 Å². The molecule has 1 heterocycles. The Hall–Kier alpha value is -1.54. The minimum atomic E-state index is -3.67. The predicted octanol–water partition coefficient (Wildman–Crippen LogP) is 1.86. The number of anilines is 2. The van der Waals surface area contributed by atoms with E-state index in [1.54, 1.807) is 25.1 Å². The number of nitrogens with two attached hydrogens (primary N) is 1. The Morgan fingerprint density at radius 1 is 1.44 bits per heavy atom. The van der Waals surface area contributed by atoms with Crippen LogP contribution in [0.2, 0.25) is 0 Å². The molecule has 0 aliphatic carbocycles. The van der Waals surface area contributed by atoms with Crippen molar-refractivity contribution in [3.63, 3.8) is 0 Å². The number of nitrogens with one attached hydrogen (secondary N) is 2. The molecule has 0 bridgehead atoms. The van der Waals surface area contributed by atoms with Crippen LogP contribution in [0, 0.1) is 6.92 Å². The Morgan fingerprint density at radius 2 is 2.17 bits per heavy atom. The SMILES string of the molecule is Cc1ncc(S(=O)(=O)Nc2ccc(N)cc2Br)[nH]1. The number of H-pyrrole nitrogens is 1. The molecule has 0 unspecified atom stereocenters. The average Bonchev–Trinajstić information content (AvgIpc) is 2.70. The molecule has 0 saturated carbocycles. The molecular weight excluding hydrogens is 320 g/mol. The third-order valence-corrected chi connectivity index (χ3v) is 4.14. The Balaban J connectivity index is 2.33. The van der Waals surface area contributed by atoms with E-state index in [0.29, 0.717) is 21.7 Å². The van der Waals surface area contributed by atoms with Crippen LogP contribution in [0.1, 0.15) is 5.82 Å². The minimum absolute atomic E-state index is 0.0173. The van der Waals surface area contributed by atoms with Crippen LogP contribution in [0.15, 0.2) is 33.9 Å². The number of hydrogen-bond acceptors (Lipinski definition) is 4. The van der Waals surface area contributed by atoms with Crippen molar-refractivity contribution in [1.82, 2.24) is 9.97 Å². The lowest BCUT2D eigenvalue weighted by molar-refractivity contribution is 0.598. The van der Waals surface area contributed by atoms with Crippen LogP contribution < -0.4 is 10.5 Å². The van der Waals surface area contributed by atoms with E-state index in [9.17, 15) is 8.42 Å². The zero-order valence-corrected chi connectivity index (χ0v) is 11.8. The summed E-state index contributed by atoms with van der Waals surface area (Å²) in [5.41, 5.74) is 6.54. The van der Waals surface area contributed by atoms with Gasteiger partial charge in [-0.25, -0.2) is 4.98 Å². The van der Waals surface area contributed by atoms with Gasteiger partial charge >= 0.3 is 0 Å². The first-order valence-electron chi connectivity index (χ1n) is 4.98. The van der Waals surface area contributed by atoms with Gasteiger partial charge in [-0.05, 0) is 41.1 Å². The van der Waals surface area contributed by atoms with Crippen molar-refractivity contribution in [3.8, 4) is 0 Å². The second-order valence-corrected chi connectivity index (χ2v) is 6.18. The second kappa shape index (κ2) is 4.62. The van der Waals surface area contributed by atoms with Crippen molar-refractivity contribution in [2.45, 2.75) is 11.9 Å². The van der Waals surface area contributed by atoms with Crippen molar-refractivity contribution in [1.29, 1.82) is 0 Å². The quantitative estimate of drug-likeness (QED) is 0.747. The molecule has 96 valence electrons. The standard InChI is InChI=1S/C10H11BrN4O2S/c1-6-13-5-10(14-6)18(16,17)15-9-3-2-7(12)4-8(9)11/h2-5,15H,12H2,1H3,(H,13,14). The topological polar surface area (TPSA) is 101 Å². The van der Waals surface area contributed by atoms with E-state index in [2.05, 4.69) is 30.6 Å². The van der Waals surface area contributed by atoms with Crippen molar-refractivity contribution >= 4 is 37.3 Å². The Labute approximate surface area is 113 Å². The first-order valence-corrected chi connectivity index (χ1v) is 7.25. The zero-order chi connectivity index (χ0) is 13.3. The summed E-state index contributed by atoms with van der Waals surface area (Å²) >= 11 is 3.24. The Bertz CT molecular complexity index is 681. The molecule has 18 heavy (non-hydrogen) atoms. The molecule has 0 aliphatic heterocycles. The van der Waals surface area contributed by atoms with E-state index >= 15 is 0 Å². The molecule has 0 atom stereocenters. The maximum Gasteiger partial charge on any atom is 0.279 e. The van der Waals surface area contributed by atoms with E-state index in [1.807, 2.05) is 0 Å². The van der Waals surface area contributed by atoms with Crippen molar-refractivity contribution in [3.05, 3.63) is 34.7 Å². The maximum absolute atomic E-state index is 12.0. The van der Waals surface area contributed by atoms with Crippen LogP contribution >= 0.6 is 15.9 Å². The second-order valence-electron chi connectivity index (χ2n) is 3.68. The number of halogens is 1. The number of aryl methyl sites for hydroxylation is 1. The molecule has 6 nitrogen and oxygen atoms in total. The monoisotopic (exact) mass is 330 g/mol. The van der Waals surface area contributed by atoms with Crippen LogP contribution in [-0.4, -0.2) is 18.4 Å². The fourth-order valence-corrected chi connectivity index (χ4v) is 3.03. The molecule has 0 fully saturated rings.